The molecule has 0 heterocycles. The third kappa shape index (κ3) is 5.28. The molecule has 0 bridgehead atoms. The van der Waals surface area contributed by atoms with E-state index in [-0.39, 0.29) is 10.8 Å². The van der Waals surface area contributed by atoms with Crippen LogP contribution in [0.4, 0.5) is 5.69 Å². The summed E-state index contributed by atoms with van der Waals surface area (Å²) in [6.07, 6.45) is 0.571. The number of halogens is 1. The Morgan fingerprint density at radius 3 is 2.36 bits per heavy atom. The van der Waals surface area contributed by atoms with Gasteiger partial charge < -0.3 is 4.43 Å². The molecule has 0 aliphatic heterocycles. The number of nitrogens with one attached hydrogen (secondary N) is 1. The lowest BCUT2D eigenvalue weighted by molar-refractivity contribution is 0.493. The van der Waals surface area contributed by atoms with Crippen LogP contribution in [-0.2, 0) is 10.0 Å². The van der Waals surface area contributed by atoms with Crippen molar-refractivity contribution in [3.8, 4) is 5.75 Å². The lowest BCUT2D eigenvalue weighted by Crippen LogP contribution is -2.44. The molecule has 0 saturated heterocycles. The zero-order valence-electron chi connectivity index (χ0n) is 14.2. The topological polar surface area (TPSA) is 55.4 Å². The van der Waals surface area contributed by atoms with Crippen molar-refractivity contribution in [1.82, 2.24) is 0 Å². The fourth-order valence-electron chi connectivity index (χ4n) is 1.59. The summed E-state index contributed by atoms with van der Waals surface area (Å²) in [4.78, 5) is 0. The smallest absolute Gasteiger partial charge is 0.250 e. The van der Waals surface area contributed by atoms with Crippen molar-refractivity contribution in [2.75, 3.05) is 10.5 Å². The molecule has 0 aliphatic rings. The van der Waals surface area contributed by atoms with E-state index in [2.05, 4.69) is 54.5 Å². The fourth-order valence-corrected chi connectivity index (χ4v) is 4.12. The number of anilines is 1. The summed E-state index contributed by atoms with van der Waals surface area (Å²) in [7, 11) is -5.39. The van der Waals surface area contributed by atoms with Crippen LogP contribution in [0.25, 0.3) is 0 Å². The van der Waals surface area contributed by atoms with E-state index in [4.69, 9.17) is 4.43 Å². The van der Waals surface area contributed by atoms with Crippen LogP contribution in [0.3, 0.4) is 0 Å². The first-order valence-electron chi connectivity index (χ1n) is 7.37. The van der Waals surface area contributed by atoms with Crippen molar-refractivity contribution in [3.05, 3.63) is 22.7 Å². The summed E-state index contributed by atoms with van der Waals surface area (Å²) in [6, 6.07) is 5.42. The van der Waals surface area contributed by atoms with Crippen LogP contribution in [0, 0.1) is 0 Å². The molecule has 4 nitrogen and oxygen atoms in total. The first kappa shape index (κ1) is 19.5. The molecule has 0 atom stereocenters. The molecular formula is C15H26BrNO3SSi. The minimum atomic E-state index is -3.35. The van der Waals surface area contributed by atoms with Gasteiger partial charge in [-0.25, -0.2) is 8.42 Å². The van der Waals surface area contributed by atoms with Crippen molar-refractivity contribution >= 4 is 40.0 Å². The second-order valence-corrected chi connectivity index (χ2v) is 14.4. The van der Waals surface area contributed by atoms with Crippen LogP contribution in [-0.4, -0.2) is 22.5 Å². The van der Waals surface area contributed by atoms with Gasteiger partial charge in [0.25, 0.3) is 8.32 Å². The van der Waals surface area contributed by atoms with Gasteiger partial charge in [-0.2, -0.15) is 0 Å². The van der Waals surface area contributed by atoms with Gasteiger partial charge in [-0.3, -0.25) is 4.72 Å². The highest BCUT2D eigenvalue weighted by Crippen LogP contribution is 2.40. The Kier molecular flexibility index (Phi) is 6.14. The molecule has 0 saturated carbocycles. The Morgan fingerprint density at radius 1 is 1.27 bits per heavy atom. The van der Waals surface area contributed by atoms with Crippen molar-refractivity contribution < 1.29 is 12.8 Å². The first-order valence-corrected chi connectivity index (χ1v) is 12.7. The van der Waals surface area contributed by atoms with E-state index in [1.54, 1.807) is 6.07 Å². The third-order valence-electron chi connectivity index (χ3n) is 3.85. The Hall–Kier alpha value is -0.533. The maximum absolute atomic E-state index is 12.1. The van der Waals surface area contributed by atoms with Crippen molar-refractivity contribution in [1.29, 1.82) is 0 Å². The summed E-state index contributed by atoms with van der Waals surface area (Å²) < 4.78 is 33.8. The molecule has 0 amide bonds. The van der Waals surface area contributed by atoms with Crippen LogP contribution >= 0.6 is 15.9 Å². The highest BCUT2D eigenvalue weighted by atomic mass is 79.9. The zero-order valence-corrected chi connectivity index (χ0v) is 17.6. The minimum Gasteiger partial charge on any atom is -0.542 e. The van der Waals surface area contributed by atoms with Gasteiger partial charge in [0.05, 0.1) is 11.4 Å². The van der Waals surface area contributed by atoms with Gasteiger partial charge in [-0.15, -0.1) is 0 Å². The molecule has 0 radical (unpaired) electrons. The summed E-state index contributed by atoms with van der Waals surface area (Å²) in [5, 5.41) is 0.0413. The normalized spacial score (nSPS) is 13.0. The Bertz CT molecular complexity index is 624. The lowest BCUT2D eigenvalue weighted by atomic mass is 10.2. The lowest BCUT2D eigenvalue weighted by Gasteiger charge is -2.37. The predicted octanol–water partition coefficient (Wildman–Crippen LogP) is 4.98. The van der Waals surface area contributed by atoms with E-state index < -0.39 is 18.3 Å². The van der Waals surface area contributed by atoms with Crippen LogP contribution in [0.5, 0.6) is 5.75 Å². The summed E-state index contributed by atoms with van der Waals surface area (Å²) in [5.74, 6) is 0.688. The molecule has 7 heteroatoms. The van der Waals surface area contributed by atoms with Crippen molar-refractivity contribution in [3.63, 3.8) is 0 Å². The van der Waals surface area contributed by atoms with Gasteiger partial charge in [-0.1, -0.05) is 43.6 Å². The molecule has 1 aromatic carbocycles. The molecule has 0 unspecified atom stereocenters. The van der Waals surface area contributed by atoms with Gasteiger partial charge in [0, 0.05) is 4.47 Å². The number of sulfonamides is 1. The SMILES string of the molecule is CCCS(=O)(=O)Nc1cc(Br)ccc1O[Si](C)(C)C(C)(C)C. The highest BCUT2D eigenvalue weighted by Gasteiger charge is 2.39. The van der Waals surface area contributed by atoms with E-state index in [1.165, 1.54) is 0 Å². The van der Waals surface area contributed by atoms with Gasteiger partial charge in [0.2, 0.25) is 10.0 Å². The summed E-state index contributed by atoms with van der Waals surface area (Å²) in [5.41, 5.74) is 0.493. The summed E-state index contributed by atoms with van der Waals surface area (Å²) >= 11 is 3.38. The molecule has 1 aromatic rings. The molecule has 22 heavy (non-hydrogen) atoms. The van der Waals surface area contributed by atoms with E-state index >= 15 is 0 Å². The zero-order chi connectivity index (χ0) is 17.2. The van der Waals surface area contributed by atoms with Crippen molar-refractivity contribution in [2.24, 2.45) is 0 Å². The molecule has 0 aliphatic carbocycles. The first-order chi connectivity index (χ1) is 9.88. The molecule has 0 fully saturated rings. The van der Waals surface area contributed by atoms with Crippen molar-refractivity contribution in [2.45, 2.75) is 52.2 Å². The number of hydrogen-bond acceptors (Lipinski definition) is 3. The standard InChI is InChI=1S/C15H26BrNO3SSi/c1-7-10-21(18,19)17-13-11-12(16)8-9-14(13)20-22(5,6)15(2,3)4/h8-9,11,17H,7,10H2,1-6H3. The van der Waals surface area contributed by atoms with Crippen LogP contribution in [0.2, 0.25) is 18.1 Å². The molecule has 1 rings (SSSR count). The van der Waals surface area contributed by atoms with E-state index in [0.29, 0.717) is 17.9 Å². The van der Waals surface area contributed by atoms with Gasteiger partial charge in [0.15, 0.2) is 0 Å². The molecule has 0 spiro atoms. The number of benzene rings is 1. The van der Waals surface area contributed by atoms with E-state index in [1.807, 2.05) is 19.1 Å². The maximum atomic E-state index is 12.1. The number of rotatable bonds is 6. The average molecular weight is 408 g/mol. The Labute approximate surface area is 144 Å². The van der Waals surface area contributed by atoms with Crippen LogP contribution in [0.15, 0.2) is 22.7 Å². The Morgan fingerprint density at radius 2 is 1.86 bits per heavy atom. The fraction of sp³-hybridized carbons (Fsp3) is 0.600. The molecule has 0 aromatic heterocycles. The van der Waals surface area contributed by atoms with Gasteiger partial charge in [0.1, 0.15) is 5.75 Å². The Balaban J connectivity index is 3.17. The number of hydrogen-bond donors (Lipinski definition) is 1. The van der Waals surface area contributed by atoms with Crippen LogP contribution < -0.4 is 9.15 Å². The predicted molar refractivity (Wildman–Crippen MR) is 99.7 cm³/mol. The minimum absolute atomic E-state index is 0.0413. The molecular weight excluding hydrogens is 382 g/mol. The third-order valence-corrected chi connectivity index (χ3v) is 10.2. The monoisotopic (exact) mass is 407 g/mol. The van der Waals surface area contributed by atoms with E-state index in [0.717, 1.165) is 4.47 Å². The van der Waals surface area contributed by atoms with Gasteiger partial charge >= 0.3 is 0 Å². The van der Waals surface area contributed by atoms with Crippen LogP contribution in [0.1, 0.15) is 34.1 Å². The summed E-state index contributed by atoms with van der Waals surface area (Å²) in [6.45, 7) is 12.6. The average Bonchev–Trinajstić information content (AvgIpc) is 2.30. The largest absolute Gasteiger partial charge is 0.542 e. The van der Waals surface area contributed by atoms with Gasteiger partial charge in [-0.05, 0) is 42.8 Å². The molecule has 126 valence electrons. The maximum Gasteiger partial charge on any atom is 0.250 e. The molecule has 1 N–H and O–H groups in total. The van der Waals surface area contributed by atoms with E-state index in [9.17, 15) is 8.42 Å². The second kappa shape index (κ2) is 6.92. The second-order valence-electron chi connectivity index (χ2n) is 6.92. The quantitative estimate of drug-likeness (QED) is 0.675. The highest BCUT2D eigenvalue weighted by molar-refractivity contribution is 9.10.